The number of rotatable bonds is 0. The molecule has 0 radical (unpaired) electrons. The zero-order valence-corrected chi connectivity index (χ0v) is 9.84. The van der Waals surface area contributed by atoms with Crippen molar-refractivity contribution in [2.75, 3.05) is 0 Å². The number of aliphatic imine (C=N–C) groups is 1. The van der Waals surface area contributed by atoms with Gasteiger partial charge in [-0.2, -0.15) is 0 Å². The number of hydrogen-bond donors (Lipinski definition) is 0. The van der Waals surface area contributed by atoms with Crippen LogP contribution in [0.4, 0.5) is 0 Å². The van der Waals surface area contributed by atoms with Gasteiger partial charge in [0.15, 0.2) is 5.78 Å². The van der Waals surface area contributed by atoms with Gasteiger partial charge >= 0.3 is 0 Å². The molecule has 4 rings (SSSR count). The molecule has 0 saturated carbocycles. The SMILES string of the molecule is O=C1C=CC2C(=C1)C=NC1=CCCc3ccn2c31. The molecule has 88 valence electrons. The van der Waals surface area contributed by atoms with Crippen LogP contribution in [-0.2, 0) is 11.2 Å². The number of aromatic nitrogens is 1. The predicted molar refractivity (Wildman–Crippen MR) is 70.5 cm³/mol. The van der Waals surface area contributed by atoms with Crippen LogP contribution < -0.4 is 0 Å². The molecule has 3 aliphatic rings. The number of allylic oxidation sites excluding steroid dienone is 5. The molecule has 1 aliphatic heterocycles. The van der Waals surface area contributed by atoms with E-state index in [0.29, 0.717) is 0 Å². The third-order valence-corrected chi connectivity index (χ3v) is 3.74. The molecule has 1 unspecified atom stereocenters. The van der Waals surface area contributed by atoms with Gasteiger partial charge in [-0.3, -0.25) is 9.79 Å². The quantitative estimate of drug-likeness (QED) is 0.681. The van der Waals surface area contributed by atoms with Crippen molar-refractivity contribution >= 4 is 17.7 Å². The summed E-state index contributed by atoms with van der Waals surface area (Å²) in [6, 6.07) is 2.28. The first-order valence-corrected chi connectivity index (χ1v) is 6.21. The summed E-state index contributed by atoms with van der Waals surface area (Å²) in [5.74, 6) is 0.0453. The topological polar surface area (TPSA) is 34.4 Å². The summed E-state index contributed by atoms with van der Waals surface area (Å²) in [7, 11) is 0. The van der Waals surface area contributed by atoms with Crippen LogP contribution in [0.3, 0.4) is 0 Å². The highest BCUT2D eigenvalue weighted by Gasteiger charge is 2.26. The highest BCUT2D eigenvalue weighted by atomic mass is 16.1. The normalized spacial score (nSPS) is 24.0. The van der Waals surface area contributed by atoms with Crippen LogP contribution in [0.2, 0.25) is 0 Å². The van der Waals surface area contributed by atoms with Gasteiger partial charge in [-0.1, -0.05) is 12.2 Å². The van der Waals surface area contributed by atoms with Gasteiger partial charge in [-0.25, -0.2) is 0 Å². The molecule has 0 N–H and O–H groups in total. The largest absolute Gasteiger partial charge is 0.335 e. The molecular weight excluding hydrogens is 224 g/mol. The van der Waals surface area contributed by atoms with Crippen molar-refractivity contribution in [3.05, 3.63) is 53.4 Å². The van der Waals surface area contributed by atoms with E-state index in [1.165, 1.54) is 11.3 Å². The van der Waals surface area contributed by atoms with Gasteiger partial charge in [0.05, 0.1) is 17.4 Å². The zero-order valence-electron chi connectivity index (χ0n) is 9.84. The number of hydrogen-bond acceptors (Lipinski definition) is 2. The Labute approximate surface area is 105 Å². The average molecular weight is 236 g/mol. The Morgan fingerprint density at radius 2 is 2.33 bits per heavy atom. The summed E-state index contributed by atoms with van der Waals surface area (Å²) in [4.78, 5) is 16.0. The van der Waals surface area contributed by atoms with Gasteiger partial charge in [0, 0.05) is 18.0 Å². The van der Waals surface area contributed by atoms with Gasteiger partial charge < -0.3 is 4.57 Å². The molecule has 0 saturated heterocycles. The molecule has 0 spiro atoms. The Balaban J connectivity index is 1.99. The fourth-order valence-corrected chi connectivity index (χ4v) is 2.90. The van der Waals surface area contributed by atoms with Crippen LogP contribution in [0.15, 0.2) is 47.1 Å². The maximum atomic E-state index is 11.5. The van der Waals surface area contributed by atoms with Crippen LogP contribution in [-0.4, -0.2) is 16.6 Å². The standard InChI is InChI=1S/C15H12N2O/c18-12-4-5-14-11(8-12)9-16-13-3-1-2-10-6-7-17(14)15(10)13/h3-9,14H,1-2H2. The first-order valence-electron chi connectivity index (χ1n) is 6.21. The van der Waals surface area contributed by atoms with Crippen molar-refractivity contribution in [1.82, 2.24) is 4.57 Å². The molecule has 3 heteroatoms. The minimum atomic E-state index is 0.0453. The number of ketones is 1. The third kappa shape index (κ3) is 1.24. The maximum Gasteiger partial charge on any atom is 0.178 e. The minimum Gasteiger partial charge on any atom is -0.335 e. The Kier molecular flexibility index (Phi) is 1.87. The molecule has 1 aromatic heterocycles. The molecule has 18 heavy (non-hydrogen) atoms. The first-order chi connectivity index (χ1) is 8.83. The molecule has 2 heterocycles. The molecule has 3 nitrogen and oxygen atoms in total. The zero-order chi connectivity index (χ0) is 12.1. The lowest BCUT2D eigenvalue weighted by molar-refractivity contribution is -0.110. The Bertz CT molecular complexity index is 671. The number of fused-ring (bicyclic) bond motifs is 2. The van der Waals surface area contributed by atoms with Crippen LogP contribution in [0, 0.1) is 0 Å². The molecule has 0 aromatic carbocycles. The first kappa shape index (κ1) is 9.83. The number of aryl methyl sites for hydroxylation is 1. The summed E-state index contributed by atoms with van der Waals surface area (Å²) in [6.45, 7) is 0. The molecule has 1 aromatic rings. The lowest BCUT2D eigenvalue weighted by Gasteiger charge is -2.20. The van der Waals surface area contributed by atoms with E-state index in [9.17, 15) is 4.79 Å². The minimum absolute atomic E-state index is 0.0453. The fourth-order valence-electron chi connectivity index (χ4n) is 2.90. The highest BCUT2D eigenvalue weighted by Crippen LogP contribution is 2.36. The van der Waals surface area contributed by atoms with Gasteiger partial charge in [0.25, 0.3) is 0 Å². The number of nitrogens with zero attached hydrogens (tertiary/aromatic N) is 2. The average Bonchev–Trinajstić information content (AvgIpc) is 2.73. The molecule has 0 amide bonds. The second-order valence-electron chi connectivity index (χ2n) is 4.83. The highest BCUT2D eigenvalue weighted by molar-refractivity contribution is 6.06. The van der Waals surface area contributed by atoms with Gasteiger partial charge in [-0.15, -0.1) is 0 Å². The van der Waals surface area contributed by atoms with Crippen molar-refractivity contribution in [2.24, 2.45) is 4.99 Å². The van der Waals surface area contributed by atoms with Crippen molar-refractivity contribution in [1.29, 1.82) is 0 Å². The molecular formula is C15H12N2O. The smallest absolute Gasteiger partial charge is 0.178 e. The van der Waals surface area contributed by atoms with Crippen molar-refractivity contribution in [2.45, 2.75) is 18.9 Å². The van der Waals surface area contributed by atoms with E-state index in [0.717, 1.165) is 24.1 Å². The van der Waals surface area contributed by atoms with Crippen molar-refractivity contribution in [3.63, 3.8) is 0 Å². The van der Waals surface area contributed by atoms with E-state index in [1.54, 1.807) is 12.2 Å². The summed E-state index contributed by atoms with van der Waals surface area (Å²) in [6.07, 6.45) is 13.5. The second kappa shape index (κ2) is 3.42. The van der Waals surface area contributed by atoms with E-state index in [4.69, 9.17) is 0 Å². The van der Waals surface area contributed by atoms with E-state index < -0.39 is 0 Å². The second-order valence-corrected chi connectivity index (χ2v) is 4.83. The van der Waals surface area contributed by atoms with Crippen LogP contribution >= 0.6 is 0 Å². The summed E-state index contributed by atoms with van der Waals surface area (Å²) < 4.78 is 2.22. The van der Waals surface area contributed by atoms with Crippen LogP contribution in [0.5, 0.6) is 0 Å². The fraction of sp³-hybridized carbons (Fsp3) is 0.200. The monoisotopic (exact) mass is 236 g/mol. The van der Waals surface area contributed by atoms with Crippen molar-refractivity contribution < 1.29 is 4.79 Å². The Morgan fingerprint density at radius 3 is 3.28 bits per heavy atom. The van der Waals surface area contributed by atoms with E-state index in [1.807, 2.05) is 12.3 Å². The maximum absolute atomic E-state index is 11.5. The third-order valence-electron chi connectivity index (χ3n) is 3.74. The lowest BCUT2D eigenvalue weighted by atomic mass is 9.99. The van der Waals surface area contributed by atoms with Gasteiger partial charge in [0.2, 0.25) is 0 Å². The van der Waals surface area contributed by atoms with E-state index in [2.05, 4.69) is 27.9 Å². The Morgan fingerprint density at radius 1 is 1.39 bits per heavy atom. The van der Waals surface area contributed by atoms with Crippen molar-refractivity contribution in [3.8, 4) is 0 Å². The summed E-state index contributed by atoms with van der Waals surface area (Å²) in [5.41, 5.74) is 4.58. The van der Waals surface area contributed by atoms with E-state index in [-0.39, 0.29) is 11.8 Å². The molecule has 0 fully saturated rings. The summed E-state index contributed by atoms with van der Waals surface area (Å²) >= 11 is 0. The van der Waals surface area contributed by atoms with Gasteiger partial charge in [0.1, 0.15) is 0 Å². The predicted octanol–water partition coefficient (Wildman–Crippen LogP) is 2.47. The van der Waals surface area contributed by atoms with Crippen LogP contribution in [0.1, 0.15) is 23.7 Å². The number of carbonyl (C=O) groups excluding carboxylic acids is 1. The Hall–Kier alpha value is -2.16. The van der Waals surface area contributed by atoms with Gasteiger partial charge in [-0.05, 0) is 36.6 Å². The van der Waals surface area contributed by atoms with Crippen LogP contribution in [0.25, 0.3) is 5.70 Å². The summed E-state index contributed by atoms with van der Waals surface area (Å²) in [5, 5.41) is 0. The van der Waals surface area contributed by atoms with E-state index >= 15 is 0 Å². The molecule has 2 aliphatic carbocycles. The molecule has 1 atom stereocenters. The molecule has 0 bridgehead atoms. The lowest BCUT2D eigenvalue weighted by Crippen LogP contribution is -2.15. The number of carbonyl (C=O) groups is 1.